The SMILES string of the molecule is COC(=O)C=C(C1C=CC=C1)C1C=CC=C1. The molecule has 0 atom stereocenters. The number of carbonyl (C=O) groups is 1. The molecule has 2 heteroatoms. The molecule has 0 amide bonds. The Morgan fingerprint density at radius 3 is 1.81 bits per heavy atom. The van der Waals surface area contributed by atoms with Crippen molar-refractivity contribution in [1.29, 1.82) is 0 Å². The third-order valence-electron chi connectivity index (χ3n) is 2.75. The largest absolute Gasteiger partial charge is 0.466 e. The van der Waals surface area contributed by atoms with Crippen molar-refractivity contribution in [2.75, 3.05) is 7.11 Å². The molecule has 2 nitrogen and oxygen atoms in total. The van der Waals surface area contributed by atoms with Gasteiger partial charge in [0.25, 0.3) is 0 Å². The van der Waals surface area contributed by atoms with Gasteiger partial charge in [-0.3, -0.25) is 0 Å². The summed E-state index contributed by atoms with van der Waals surface area (Å²) in [6, 6.07) is 0. The first-order valence-electron chi connectivity index (χ1n) is 5.30. The van der Waals surface area contributed by atoms with Gasteiger partial charge in [-0.15, -0.1) is 0 Å². The molecule has 82 valence electrons. The Labute approximate surface area is 95.3 Å². The average molecular weight is 214 g/mol. The van der Waals surface area contributed by atoms with Gasteiger partial charge in [0.2, 0.25) is 0 Å². The zero-order valence-corrected chi connectivity index (χ0v) is 9.17. The topological polar surface area (TPSA) is 26.3 Å². The van der Waals surface area contributed by atoms with Crippen molar-refractivity contribution in [3.8, 4) is 0 Å². The van der Waals surface area contributed by atoms with E-state index in [9.17, 15) is 4.79 Å². The molecule has 2 aliphatic carbocycles. The first-order valence-corrected chi connectivity index (χ1v) is 5.30. The molecule has 0 saturated heterocycles. The van der Waals surface area contributed by atoms with Crippen LogP contribution in [0.5, 0.6) is 0 Å². The Morgan fingerprint density at radius 1 is 1.00 bits per heavy atom. The van der Waals surface area contributed by atoms with Crippen LogP contribution in [0.25, 0.3) is 0 Å². The third-order valence-corrected chi connectivity index (χ3v) is 2.75. The molecule has 0 N–H and O–H groups in total. The number of carbonyl (C=O) groups excluding carboxylic acids is 1. The summed E-state index contributed by atoms with van der Waals surface area (Å²) in [6.45, 7) is 0. The van der Waals surface area contributed by atoms with E-state index in [1.807, 2.05) is 24.3 Å². The summed E-state index contributed by atoms with van der Waals surface area (Å²) in [6.07, 6.45) is 17.9. The van der Waals surface area contributed by atoms with Crippen LogP contribution < -0.4 is 0 Å². The summed E-state index contributed by atoms with van der Waals surface area (Å²) in [7, 11) is 1.40. The van der Waals surface area contributed by atoms with Crippen LogP contribution in [0.3, 0.4) is 0 Å². The fourth-order valence-corrected chi connectivity index (χ4v) is 1.92. The van der Waals surface area contributed by atoms with Crippen molar-refractivity contribution >= 4 is 5.97 Å². The molecule has 2 aliphatic rings. The number of methoxy groups -OCH3 is 1. The first kappa shape index (κ1) is 10.7. The minimum Gasteiger partial charge on any atom is -0.466 e. The van der Waals surface area contributed by atoms with Gasteiger partial charge in [-0.1, -0.05) is 48.6 Å². The van der Waals surface area contributed by atoms with Crippen LogP contribution in [0, 0.1) is 11.8 Å². The van der Waals surface area contributed by atoms with Crippen LogP contribution in [0.15, 0.2) is 60.3 Å². The lowest BCUT2D eigenvalue weighted by atomic mass is 9.89. The van der Waals surface area contributed by atoms with Gasteiger partial charge in [0, 0.05) is 17.9 Å². The third kappa shape index (κ3) is 2.22. The number of hydrogen-bond acceptors (Lipinski definition) is 2. The van der Waals surface area contributed by atoms with Crippen molar-refractivity contribution in [1.82, 2.24) is 0 Å². The second-order valence-electron chi connectivity index (χ2n) is 3.76. The van der Waals surface area contributed by atoms with Crippen molar-refractivity contribution in [2.24, 2.45) is 11.8 Å². The quantitative estimate of drug-likeness (QED) is 0.533. The molecule has 0 aromatic heterocycles. The van der Waals surface area contributed by atoms with Crippen molar-refractivity contribution in [3.05, 3.63) is 60.3 Å². The number of rotatable bonds is 3. The number of allylic oxidation sites excluding steroid dienone is 9. The molecule has 0 spiro atoms. The highest BCUT2D eigenvalue weighted by Gasteiger charge is 2.19. The van der Waals surface area contributed by atoms with E-state index in [2.05, 4.69) is 29.0 Å². The van der Waals surface area contributed by atoms with Crippen LogP contribution in [-0.4, -0.2) is 13.1 Å². The molecule has 0 aliphatic heterocycles. The van der Waals surface area contributed by atoms with Crippen LogP contribution >= 0.6 is 0 Å². The molecule has 0 heterocycles. The van der Waals surface area contributed by atoms with E-state index in [1.54, 1.807) is 6.08 Å². The molecular weight excluding hydrogens is 200 g/mol. The summed E-state index contributed by atoms with van der Waals surface area (Å²) in [4.78, 5) is 11.3. The van der Waals surface area contributed by atoms with Gasteiger partial charge in [0.15, 0.2) is 0 Å². The van der Waals surface area contributed by atoms with Crippen molar-refractivity contribution < 1.29 is 9.53 Å². The van der Waals surface area contributed by atoms with Gasteiger partial charge < -0.3 is 4.74 Å². The molecule has 0 unspecified atom stereocenters. The van der Waals surface area contributed by atoms with Gasteiger partial charge in [-0.25, -0.2) is 4.79 Å². The summed E-state index contributed by atoms with van der Waals surface area (Å²) in [5, 5.41) is 0. The van der Waals surface area contributed by atoms with E-state index in [1.165, 1.54) is 7.11 Å². The second kappa shape index (κ2) is 4.79. The molecule has 0 bridgehead atoms. The molecule has 0 radical (unpaired) electrons. The maximum absolute atomic E-state index is 11.3. The lowest BCUT2D eigenvalue weighted by Gasteiger charge is -2.15. The van der Waals surface area contributed by atoms with E-state index in [0.717, 1.165) is 5.57 Å². The highest BCUT2D eigenvalue weighted by Crippen LogP contribution is 2.29. The molecule has 0 aromatic carbocycles. The number of hydrogen-bond donors (Lipinski definition) is 0. The molecule has 16 heavy (non-hydrogen) atoms. The molecular formula is C14H14O2. The highest BCUT2D eigenvalue weighted by molar-refractivity contribution is 5.83. The molecule has 2 rings (SSSR count). The smallest absolute Gasteiger partial charge is 0.330 e. The normalized spacial score (nSPS) is 18.3. The Hall–Kier alpha value is -1.83. The van der Waals surface area contributed by atoms with E-state index in [-0.39, 0.29) is 17.8 Å². The predicted octanol–water partition coefficient (Wildman–Crippen LogP) is 2.57. The molecule has 0 saturated carbocycles. The fraction of sp³-hybridized carbons (Fsp3) is 0.214. The second-order valence-corrected chi connectivity index (χ2v) is 3.76. The van der Waals surface area contributed by atoms with E-state index >= 15 is 0 Å². The van der Waals surface area contributed by atoms with E-state index in [4.69, 9.17) is 0 Å². The van der Waals surface area contributed by atoms with Gasteiger partial charge in [-0.2, -0.15) is 0 Å². The zero-order chi connectivity index (χ0) is 11.4. The number of ether oxygens (including phenoxy) is 1. The van der Waals surface area contributed by atoms with Crippen LogP contribution in [-0.2, 0) is 9.53 Å². The lowest BCUT2D eigenvalue weighted by molar-refractivity contribution is -0.134. The monoisotopic (exact) mass is 214 g/mol. The standard InChI is InChI=1S/C14H14O2/c1-16-14(15)10-13(11-6-2-3-7-11)12-8-4-5-9-12/h2-12H,1H3. The number of esters is 1. The Morgan fingerprint density at radius 2 is 1.44 bits per heavy atom. The van der Waals surface area contributed by atoms with Gasteiger partial charge in [-0.05, 0) is 5.57 Å². The Kier molecular flexibility index (Phi) is 3.20. The highest BCUT2D eigenvalue weighted by atomic mass is 16.5. The summed E-state index contributed by atoms with van der Waals surface area (Å²) < 4.78 is 4.69. The predicted molar refractivity (Wildman–Crippen MR) is 63.6 cm³/mol. The fourth-order valence-electron chi connectivity index (χ4n) is 1.92. The van der Waals surface area contributed by atoms with Crippen LogP contribution in [0.4, 0.5) is 0 Å². The maximum Gasteiger partial charge on any atom is 0.330 e. The Bertz CT molecular complexity index is 368. The zero-order valence-electron chi connectivity index (χ0n) is 9.17. The Balaban J connectivity index is 2.25. The van der Waals surface area contributed by atoms with Gasteiger partial charge in [0.1, 0.15) is 0 Å². The summed E-state index contributed by atoms with van der Waals surface area (Å²) in [5.41, 5.74) is 1.06. The van der Waals surface area contributed by atoms with Crippen molar-refractivity contribution in [3.63, 3.8) is 0 Å². The maximum atomic E-state index is 11.3. The summed E-state index contributed by atoms with van der Waals surface area (Å²) in [5.74, 6) is 0.116. The van der Waals surface area contributed by atoms with Crippen LogP contribution in [0.1, 0.15) is 0 Å². The van der Waals surface area contributed by atoms with Gasteiger partial charge in [0.05, 0.1) is 7.11 Å². The minimum absolute atomic E-state index is 0.205. The van der Waals surface area contributed by atoms with Crippen LogP contribution in [0.2, 0.25) is 0 Å². The average Bonchev–Trinajstić information content (AvgIpc) is 2.97. The minimum atomic E-state index is -0.294. The van der Waals surface area contributed by atoms with E-state index in [0.29, 0.717) is 0 Å². The van der Waals surface area contributed by atoms with Gasteiger partial charge >= 0.3 is 5.97 Å². The molecule has 0 aromatic rings. The van der Waals surface area contributed by atoms with Crippen molar-refractivity contribution in [2.45, 2.75) is 0 Å². The van der Waals surface area contributed by atoms with E-state index < -0.39 is 0 Å². The first-order chi connectivity index (χ1) is 7.81. The molecule has 0 fully saturated rings. The summed E-state index contributed by atoms with van der Waals surface area (Å²) >= 11 is 0. The lowest BCUT2D eigenvalue weighted by Crippen LogP contribution is -2.08.